The molecular weight excluding hydrogens is 178 g/mol. The van der Waals surface area contributed by atoms with Crippen molar-refractivity contribution in [3.63, 3.8) is 0 Å². The molecule has 1 aliphatic rings. The maximum Gasteiger partial charge on any atom is 0.317 e. The third-order valence-electron chi connectivity index (χ3n) is 2.98. The van der Waals surface area contributed by atoms with Gasteiger partial charge in [0.05, 0.1) is 6.54 Å². The monoisotopic (exact) mass is 197 g/mol. The van der Waals surface area contributed by atoms with E-state index in [1.54, 1.807) is 0 Å². The van der Waals surface area contributed by atoms with Gasteiger partial charge in [0.2, 0.25) is 0 Å². The normalized spacial score (nSPS) is 19.9. The molecule has 1 saturated carbocycles. The highest BCUT2D eigenvalue weighted by Gasteiger charge is 2.26. The van der Waals surface area contributed by atoms with Gasteiger partial charge in [0.15, 0.2) is 0 Å². The molecule has 1 N–H and O–H groups in total. The summed E-state index contributed by atoms with van der Waals surface area (Å²) in [6.45, 7) is 5.87. The molecule has 0 heterocycles. The summed E-state index contributed by atoms with van der Waals surface area (Å²) < 4.78 is 0. The van der Waals surface area contributed by atoms with Crippen molar-refractivity contribution < 1.29 is 9.90 Å². The molecule has 0 bridgehead atoms. The lowest BCUT2D eigenvalue weighted by Crippen LogP contribution is -2.42. The average molecular weight is 197 g/mol. The summed E-state index contributed by atoms with van der Waals surface area (Å²) in [6, 6.07) is 0.605. The van der Waals surface area contributed by atoms with E-state index in [0.717, 1.165) is 12.8 Å². The SMILES string of the molecule is C=CC(C)N(CC(=O)O)C1CCCC1. The van der Waals surface area contributed by atoms with Gasteiger partial charge in [-0.25, -0.2) is 0 Å². The van der Waals surface area contributed by atoms with Crippen LogP contribution in [0.4, 0.5) is 0 Å². The van der Waals surface area contributed by atoms with Crippen molar-refractivity contribution in [2.45, 2.75) is 44.7 Å². The standard InChI is InChI=1S/C11H19NO2/c1-3-9(2)12(8-11(13)14)10-6-4-5-7-10/h3,9-10H,1,4-8H2,2H3,(H,13,14). The van der Waals surface area contributed by atoms with Gasteiger partial charge in [-0.3, -0.25) is 9.69 Å². The first-order chi connectivity index (χ1) is 6.65. The largest absolute Gasteiger partial charge is 0.480 e. The molecule has 1 rings (SSSR count). The average Bonchev–Trinajstić information content (AvgIpc) is 2.65. The van der Waals surface area contributed by atoms with Crippen molar-refractivity contribution in [1.82, 2.24) is 4.90 Å². The highest BCUT2D eigenvalue weighted by molar-refractivity contribution is 5.69. The van der Waals surface area contributed by atoms with Gasteiger partial charge in [-0.2, -0.15) is 0 Å². The number of aliphatic carboxylic acids is 1. The fourth-order valence-electron chi connectivity index (χ4n) is 2.13. The minimum atomic E-state index is -0.745. The number of hydrogen-bond acceptors (Lipinski definition) is 2. The lowest BCUT2D eigenvalue weighted by Gasteiger charge is -2.31. The minimum Gasteiger partial charge on any atom is -0.480 e. The van der Waals surface area contributed by atoms with Crippen molar-refractivity contribution in [3.05, 3.63) is 12.7 Å². The Morgan fingerprint density at radius 2 is 2.21 bits per heavy atom. The molecule has 14 heavy (non-hydrogen) atoms. The third-order valence-corrected chi connectivity index (χ3v) is 2.98. The van der Waals surface area contributed by atoms with Crippen molar-refractivity contribution in [1.29, 1.82) is 0 Å². The highest BCUT2D eigenvalue weighted by Crippen LogP contribution is 2.25. The van der Waals surface area contributed by atoms with Crippen molar-refractivity contribution in [2.75, 3.05) is 6.54 Å². The molecule has 1 atom stereocenters. The van der Waals surface area contributed by atoms with Crippen LogP contribution >= 0.6 is 0 Å². The van der Waals surface area contributed by atoms with Crippen molar-refractivity contribution in [3.8, 4) is 0 Å². The zero-order chi connectivity index (χ0) is 10.6. The van der Waals surface area contributed by atoms with Gasteiger partial charge in [0, 0.05) is 12.1 Å². The van der Waals surface area contributed by atoms with Gasteiger partial charge >= 0.3 is 5.97 Å². The van der Waals surface area contributed by atoms with Crippen molar-refractivity contribution in [2.24, 2.45) is 0 Å². The molecule has 3 heteroatoms. The summed E-state index contributed by atoms with van der Waals surface area (Å²) in [5.41, 5.74) is 0. The van der Waals surface area contributed by atoms with Crippen molar-refractivity contribution >= 4 is 5.97 Å². The first-order valence-electron chi connectivity index (χ1n) is 5.25. The van der Waals surface area contributed by atoms with Crippen LogP contribution in [0.1, 0.15) is 32.6 Å². The zero-order valence-corrected chi connectivity index (χ0v) is 8.78. The summed E-state index contributed by atoms with van der Waals surface area (Å²) in [6.07, 6.45) is 6.54. The van der Waals surface area contributed by atoms with E-state index in [2.05, 4.69) is 6.58 Å². The maximum absolute atomic E-state index is 10.7. The molecule has 0 aliphatic heterocycles. The number of carboxylic acids is 1. The zero-order valence-electron chi connectivity index (χ0n) is 8.78. The fourth-order valence-corrected chi connectivity index (χ4v) is 2.13. The number of carboxylic acid groups (broad SMARTS) is 1. The fraction of sp³-hybridized carbons (Fsp3) is 0.727. The summed E-state index contributed by atoms with van der Waals surface area (Å²) >= 11 is 0. The van der Waals surface area contributed by atoms with E-state index in [-0.39, 0.29) is 12.6 Å². The van der Waals surface area contributed by atoms with E-state index < -0.39 is 5.97 Å². The molecule has 80 valence electrons. The lowest BCUT2D eigenvalue weighted by molar-refractivity contribution is -0.139. The first-order valence-corrected chi connectivity index (χ1v) is 5.25. The van der Waals surface area contributed by atoms with Crippen LogP contribution in [0.2, 0.25) is 0 Å². The predicted octanol–water partition coefficient (Wildman–Crippen LogP) is 1.89. The van der Waals surface area contributed by atoms with E-state index in [1.807, 2.05) is 17.9 Å². The molecule has 1 fully saturated rings. The second-order valence-corrected chi connectivity index (χ2v) is 3.98. The van der Waals surface area contributed by atoms with Gasteiger partial charge in [0.1, 0.15) is 0 Å². The van der Waals surface area contributed by atoms with Gasteiger partial charge in [-0.05, 0) is 19.8 Å². The molecule has 3 nitrogen and oxygen atoms in total. The Hall–Kier alpha value is -0.830. The topological polar surface area (TPSA) is 40.5 Å². The molecule has 0 spiro atoms. The molecule has 0 aromatic carbocycles. The smallest absolute Gasteiger partial charge is 0.317 e. The van der Waals surface area contributed by atoms with E-state index in [4.69, 9.17) is 5.11 Å². The van der Waals surface area contributed by atoms with Gasteiger partial charge in [-0.1, -0.05) is 18.9 Å². The predicted molar refractivity (Wildman–Crippen MR) is 56.3 cm³/mol. The highest BCUT2D eigenvalue weighted by atomic mass is 16.4. The summed E-state index contributed by atoms with van der Waals surface area (Å²) in [7, 11) is 0. The Labute approximate surface area is 85.4 Å². The second kappa shape index (κ2) is 5.15. The quantitative estimate of drug-likeness (QED) is 0.684. The first kappa shape index (κ1) is 11.2. The van der Waals surface area contributed by atoms with Crippen LogP contribution in [0.5, 0.6) is 0 Å². The third kappa shape index (κ3) is 2.84. The van der Waals surface area contributed by atoms with Crippen LogP contribution in [0.15, 0.2) is 12.7 Å². The summed E-state index contributed by atoms with van der Waals surface area (Å²) in [5.74, 6) is -0.745. The Balaban J connectivity index is 2.59. The van der Waals surface area contributed by atoms with E-state index >= 15 is 0 Å². The summed E-state index contributed by atoms with van der Waals surface area (Å²) in [4.78, 5) is 12.8. The van der Waals surface area contributed by atoms with Crippen LogP contribution < -0.4 is 0 Å². The second-order valence-electron chi connectivity index (χ2n) is 3.98. The number of rotatable bonds is 5. The van der Waals surface area contributed by atoms with E-state index in [1.165, 1.54) is 12.8 Å². The Kier molecular flexibility index (Phi) is 4.14. The van der Waals surface area contributed by atoms with Gasteiger partial charge < -0.3 is 5.11 Å². The van der Waals surface area contributed by atoms with E-state index in [9.17, 15) is 4.79 Å². The van der Waals surface area contributed by atoms with Crippen LogP contribution in [0.25, 0.3) is 0 Å². The maximum atomic E-state index is 10.7. The molecule has 0 saturated heterocycles. The molecule has 0 aromatic rings. The van der Waals surface area contributed by atoms with Crippen LogP contribution in [0.3, 0.4) is 0 Å². The summed E-state index contributed by atoms with van der Waals surface area (Å²) in [5, 5.41) is 8.81. The Bertz CT molecular complexity index is 209. The Morgan fingerprint density at radius 1 is 1.64 bits per heavy atom. The molecule has 0 amide bonds. The molecular formula is C11H19NO2. The molecule has 1 aliphatic carbocycles. The number of nitrogens with zero attached hydrogens (tertiary/aromatic N) is 1. The van der Waals surface area contributed by atoms with Gasteiger partial charge in [-0.15, -0.1) is 6.58 Å². The minimum absolute atomic E-state index is 0.137. The van der Waals surface area contributed by atoms with Crippen LogP contribution in [0, 0.1) is 0 Å². The Morgan fingerprint density at radius 3 is 2.64 bits per heavy atom. The van der Waals surface area contributed by atoms with E-state index in [0.29, 0.717) is 6.04 Å². The van der Waals surface area contributed by atoms with Crippen LogP contribution in [-0.2, 0) is 4.79 Å². The number of carbonyl (C=O) groups is 1. The molecule has 0 aromatic heterocycles. The van der Waals surface area contributed by atoms with Crippen LogP contribution in [-0.4, -0.2) is 34.6 Å². The van der Waals surface area contributed by atoms with Gasteiger partial charge in [0.25, 0.3) is 0 Å². The number of hydrogen-bond donors (Lipinski definition) is 1. The molecule has 1 unspecified atom stereocenters. The molecule has 0 radical (unpaired) electrons. The lowest BCUT2D eigenvalue weighted by atomic mass is 10.1.